The molecule has 0 radical (unpaired) electrons. The zero-order valence-corrected chi connectivity index (χ0v) is 15.0. The van der Waals surface area contributed by atoms with Gasteiger partial charge in [-0.1, -0.05) is 43.7 Å². The maximum absolute atomic E-state index is 12.3. The average Bonchev–Trinajstić information content (AvgIpc) is 2.94. The maximum Gasteiger partial charge on any atom is 0.225 e. The SMILES string of the molecule is CCN(CC)CCNC(=O)[C@@H]1CC(=O)N(Cc2ccc(C)cc2)C1. The standard InChI is InChI=1S/C19H29N3O2/c1-4-21(5-2)11-10-20-19(24)17-12-18(23)22(14-17)13-16-8-6-15(3)7-9-16/h6-9,17H,4-5,10-14H2,1-3H3,(H,20,24)/t17-/m1/s1. The summed E-state index contributed by atoms with van der Waals surface area (Å²) in [4.78, 5) is 28.5. The lowest BCUT2D eigenvalue weighted by Crippen LogP contribution is -2.38. The van der Waals surface area contributed by atoms with Crippen LogP contribution in [0.5, 0.6) is 0 Å². The van der Waals surface area contributed by atoms with Crippen molar-refractivity contribution in [2.24, 2.45) is 5.92 Å². The molecule has 2 amide bonds. The molecule has 1 aliphatic rings. The Balaban J connectivity index is 1.80. The lowest BCUT2D eigenvalue weighted by molar-refractivity contribution is -0.129. The molecule has 1 atom stereocenters. The molecule has 24 heavy (non-hydrogen) atoms. The third kappa shape index (κ3) is 5.06. The van der Waals surface area contributed by atoms with E-state index < -0.39 is 0 Å². The van der Waals surface area contributed by atoms with E-state index in [1.807, 2.05) is 31.2 Å². The minimum absolute atomic E-state index is 0.00177. The molecule has 2 rings (SSSR count). The van der Waals surface area contributed by atoms with Crippen molar-refractivity contribution >= 4 is 11.8 Å². The highest BCUT2D eigenvalue weighted by Gasteiger charge is 2.33. The monoisotopic (exact) mass is 331 g/mol. The fourth-order valence-corrected chi connectivity index (χ4v) is 3.04. The third-order valence-corrected chi connectivity index (χ3v) is 4.70. The number of aryl methyl sites for hydroxylation is 1. The van der Waals surface area contributed by atoms with Gasteiger partial charge in [0.05, 0.1) is 5.92 Å². The molecule has 0 saturated carbocycles. The highest BCUT2D eigenvalue weighted by molar-refractivity contribution is 5.89. The summed E-state index contributed by atoms with van der Waals surface area (Å²) in [5, 5.41) is 2.98. The lowest BCUT2D eigenvalue weighted by atomic mass is 10.1. The van der Waals surface area contributed by atoms with Gasteiger partial charge in [-0.2, -0.15) is 0 Å². The Morgan fingerprint density at radius 2 is 1.92 bits per heavy atom. The molecule has 5 heteroatoms. The normalized spacial score (nSPS) is 17.6. The highest BCUT2D eigenvalue weighted by atomic mass is 16.2. The van der Waals surface area contributed by atoms with E-state index in [2.05, 4.69) is 24.1 Å². The van der Waals surface area contributed by atoms with Crippen LogP contribution in [0, 0.1) is 12.8 Å². The predicted molar refractivity (Wildman–Crippen MR) is 95.5 cm³/mol. The van der Waals surface area contributed by atoms with Crippen LogP contribution >= 0.6 is 0 Å². The molecule has 1 N–H and O–H groups in total. The summed E-state index contributed by atoms with van der Waals surface area (Å²) in [5.74, 6) is -0.152. The van der Waals surface area contributed by atoms with E-state index in [9.17, 15) is 9.59 Å². The molecule has 0 aromatic heterocycles. The van der Waals surface area contributed by atoms with Crippen LogP contribution in [0.3, 0.4) is 0 Å². The second kappa shape index (κ2) is 8.83. The van der Waals surface area contributed by atoms with Crippen molar-refractivity contribution in [3.8, 4) is 0 Å². The van der Waals surface area contributed by atoms with Gasteiger partial charge in [0.15, 0.2) is 0 Å². The molecule has 0 unspecified atom stereocenters. The van der Waals surface area contributed by atoms with Gasteiger partial charge in [-0.05, 0) is 25.6 Å². The maximum atomic E-state index is 12.3. The Kier molecular flexibility index (Phi) is 6.79. The fraction of sp³-hybridized carbons (Fsp3) is 0.579. The van der Waals surface area contributed by atoms with Crippen LogP contribution in [0.25, 0.3) is 0 Å². The Hall–Kier alpha value is -1.88. The molecule has 1 aromatic carbocycles. The summed E-state index contributed by atoms with van der Waals surface area (Å²) >= 11 is 0. The van der Waals surface area contributed by atoms with Crippen molar-refractivity contribution in [3.63, 3.8) is 0 Å². The van der Waals surface area contributed by atoms with Gasteiger partial charge >= 0.3 is 0 Å². The predicted octanol–water partition coefficient (Wildman–Crippen LogP) is 1.80. The molecule has 0 bridgehead atoms. The van der Waals surface area contributed by atoms with Gasteiger partial charge in [0, 0.05) is 32.6 Å². The average molecular weight is 331 g/mol. The van der Waals surface area contributed by atoms with E-state index in [0.29, 0.717) is 26.1 Å². The number of amides is 2. The van der Waals surface area contributed by atoms with Crippen molar-refractivity contribution < 1.29 is 9.59 Å². The van der Waals surface area contributed by atoms with E-state index in [1.165, 1.54) is 5.56 Å². The number of hydrogen-bond donors (Lipinski definition) is 1. The Morgan fingerprint density at radius 1 is 1.25 bits per heavy atom. The minimum atomic E-state index is -0.223. The van der Waals surface area contributed by atoms with Gasteiger partial charge in [-0.25, -0.2) is 0 Å². The molecule has 0 spiro atoms. The zero-order valence-electron chi connectivity index (χ0n) is 15.0. The molecule has 1 aromatic rings. The van der Waals surface area contributed by atoms with Crippen molar-refractivity contribution in [3.05, 3.63) is 35.4 Å². The molecule has 1 heterocycles. The van der Waals surface area contributed by atoms with Gasteiger partial charge in [0.2, 0.25) is 11.8 Å². The topological polar surface area (TPSA) is 52.7 Å². The molecule has 0 aliphatic carbocycles. The first-order valence-electron chi connectivity index (χ1n) is 8.86. The van der Waals surface area contributed by atoms with Gasteiger partial charge < -0.3 is 15.1 Å². The third-order valence-electron chi connectivity index (χ3n) is 4.70. The molecular formula is C19H29N3O2. The molecule has 1 saturated heterocycles. The van der Waals surface area contributed by atoms with E-state index in [0.717, 1.165) is 25.2 Å². The Bertz CT molecular complexity index is 552. The van der Waals surface area contributed by atoms with Crippen LogP contribution in [0.4, 0.5) is 0 Å². The fourth-order valence-electron chi connectivity index (χ4n) is 3.04. The molecule has 5 nitrogen and oxygen atoms in total. The number of likely N-dealkylation sites (N-methyl/N-ethyl adjacent to an activating group) is 1. The van der Waals surface area contributed by atoms with Crippen molar-refractivity contribution in [1.29, 1.82) is 0 Å². The number of carbonyl (C=O) groups excluding carboxylic acids is 2. The second-order valence-electron chi connectivity index (χ2n) is 6.48. The molecule has 1 aliphatic heterocycles. The lowest BCUT2D eigenvalue weighted by Gasteiger charge is -2.19. The summed E-state index contributed by atoms with van der Waals surface area (Å²) in [6, 6.07) is 8.18. The van der Waals surface area contributed by atoms with Gasteiger partial charge in [0.1, 0.15) is 0 Å². The van der Waals surface area contributed by atoms with Crippen molar-refractivity contribution in [1.82, 2.24) is 15.1 Å². The smallest absolute Gasteiger partial charge is 0.225 e. The molecule has 132 valence electrons. The van der Waals surface area contributed by atoms with Crippen LogP contribution < -0.4 is 5.32 Å². The van der Waals surface area contributed by atoms with Crippen LogP contribution in [-0.2, 0) is 16.1 Å². The first-order valence-corrected chi connectivity index (χ1v) is 8.86. The molecular weight excluding hydrogens is 302 g/mol. The summed E-state index contributed by atoms with van der Waals surface area (Å²) in [6.45, 7) is 10.8. The summed E-state index contributed by atoms with van der Waals surface area (Å²) in [7, 11) is 0. The first-order chi connectivity index (χ1) is 11.5. The Morgan fingerprint density at radius 3 is 2.54 bits per heavy atom. The van der Waals surface area contributed by atoms with Crippen molar-refractivity contribution in [2.45, 2.75) is 33.7 Å². The van der Waals surface area contributed by atoms with E-state index in [4.69, 9.17) is 0 Å². The minimum Gasteiger partial charge on any atom is -0.355 e. The van der Waals surface area contributed by atoms with Gasteiger partial charge in [-0.3, -0.25) is 9.59 Å². The number of likely N-dealkylation sites (tertiary alicyclic amines) is 1. The number of nitrogens with one attached hydrogen (secondary N) is 1. The number of benzene rings is 1. The largest absolute Gasteiger partial charge is 0.355 e. The van der Waals surface area contributed by atoms with E-state index in [-0.39, 0.29) is 17.7 Å². The zero-order chi connectivity index (χ0) is 17.5. The number of nitrogens with zero attached hydrogens (tertiary/aromatic N) is 2. The second-order valence-corrected chi connectivity index (χ2v) is 6.48. The Labute approximate surface area is 145 Å². The van der Waals surface area contributed by atoms with Crippen LogP contribution in [0.15, 0.2) is 24.3 Å². The molecule has 1 fully saturated rings. The summed E-state index contributed by atoms with van der Waals surface area (Å²) < 4.78 is 0. The van der Waals surface area contributed by atoms with Crippen LogP contribution in [-0.4, -0.2) is 54.3 Å². The van der Waals surface area contributed by atoms with E-state index >= 15 is 0 Å². The van der Waals surface area contributed by atoms with E-state index in [1.54, 1.807) is 4.90 Å². The van der Waals surface area contributed by atoms with Crippen LogP contribution in [0.1, 0.15) is 31.4 Å². The van der Waals surface area contributed by atoms with Gasteiger partial charge in [0.25, 0.3) is 0 Å². The quantitative estimate of drug-likeness (QED) is 0.790. The van der Waals surface area contributed by atoms with Crippen LogP contribution in [0.2, 0.25) is 0 Å². The summed E-state index contributed by atoms with van der Waals surface area (Å²) in [5.41, 5.74) is 2.31. The van der Waals surface area contributed by atoms with Gasteiger partial charge in [-0.15, -0.1) is 0 Å². The first kappa shape index (κ1) is 18.5. The summed E-state index contributed by atoms with van der Waals surface area (Å²) in [6.07, 6.45) is 0.322. The highest BCUT2D eigenvalue weighted by Crippen LogP contribution is 2.20. The number of hydrogen-bond acceptors (Lipinski definition) is 3. The van der Waals surface area contributed by atoms with Crippen molar-refractivity contribution in [2.75, 3.05) is 32.7 Å². The number of carbonyl (C=O) groups is 2. The number of rotatable bonds is 8.